The summed E-state index contributed by atoms with van der Waals surface area (Å²) in [4.78, 5) is 15.5. The zero-order valence-corrected chi connectivity index (χ0v) is 13.4. The Morgan fingerprint density at radius 1 is 1.16 bits per heavy atom. The number of aromatic nitrogens is 1. The molecule has 9 heteroatoms. The van der Waals surface area contributed by atoms with Gasteiger partial charge in [-0.2, -0.15) is 13.2 Å². The number of ether oxygens (including phenoxy) is 2. The number of benzene rings is 1. The van der Waals surface area contributed by atoms with Crippen LogP contribution in [0.5, 0.6) is 11.5 Å². The highest BCUT2D eigenvalue weighted by Gasteiger charge is 2.32. The molecule has 1 aliphatic heterocycles. The highest BCUT2D eigenvalue weighted by molar-refractivity contribution is 6.34. The highest BCUT2D eigenvalue weighted by atomic mass is 35.5. The van der Waals surface area contributed by atoms with Crippen molar-refractivity contribution >= 4 is 23.2 Å². The number of carbonyl (C=O) groups is 1. The van der Waals surface area contributed by atoms with Crippen molar-refractivity contribution in [2.75, 3.05) is 18.5 Å². The Kier molecular flexibility index (Phi) is 4.71. The topological polar surface area (TPSA) is 60.5 Å². The number of pyridine rings is 1. The second-order valence-electron chi connectivity index (χ2n) is 5.21. The van der Waals surface area contributed by atoms with E-state index < -0.39 is 17.8 Å². The van der Waals surface area contributed by atoms with Crippen molar-refractivity contribution < 1.29 is 27.4 Å². The molecule has 0 saturated heterocycles. The third-order valence-corrected chi connectivity index (χ3v) is 3.71. The second kappa shape index (κ2) is 6.79. The molecule has 0 atom stereocenters. The molecule has 1 aromatic heterocycles. The summed E-state index contributed by atoms with van der Waals surface area (Å²) in [7, 11) is 0. The molecule has 25 heavy (non-hydrogen) atoms. The lowest BCUT2D eigenvalue weighted by Gasteiger charge is -2.12. The van der Waals surface area contributed by atoms with Crippen molar-refractivity contribution in [2.45, 2.75) is 12.6 Å². The van der Waals surface area contributed by atoms with Crippen LogP contribution in [-0.2, 0) is 6.18 Å². The third kappa shape index (κ3) is 3.96. The van der Waals surface area contributed by atoms with Crippen molar-refractivity contribution in [3.05, 3.63) is 46.7 Å². The highest BCUT2D eigenvalue weighted by Crippen LogP contribution is 2.37. The molecule has 0 aliphatic carbocycles. The van der Waals surface area contributed by atoms with E-state index in [1.165, 1.54) is 12.1 Å². The molecule has 2 aromatic rings. The minimum absolute atomic E-state index is 0.0313. The fraction of sp³-hybridized carbons (Fsp3) is 0.250. The summed E-state index contributed by atoms with van der Waals surface area (Å²) in [6.45, 7) is 0.955. The van der Waals surface area contributed by atoms with E-state index in [1.807, 2.05) is 0 Å². The third-order valence-electron chi connectivity index (χ3n) is 3.40. The quantitative estimate of drug-likeness (QED) is 0.859. The maximum atomic E-state index is 12.5. The standard InChI is InChI=1S/C16H12ClF3N2O3/c17-10-6-12-13(25-5-1-4-24-12)7-11(10)22-15(23)9-2-3-14(21-8-9)16(18,19)20/h2-3,6-8H,1,4-5H2,(H,22,23). The first-order valence-electron chi connectivity index (χ1n) is 7.28. The van der Waals surface area contributed by atoms with E-state index in [4.69, 9.17) is 21.1 Å². The number of halogens is 4. The minimum Gasteiger partial charge on any atom is -0.490 e. The maximum absolute atomic E-state index is 12.5. The number of anilines is 1. The summed E-state index contributed by atoms with van der Waals surface area (Å²) in [6, 6.07) is 4.81. The largest absolute Gasteiger partial charge is 0.490 e. The van der Waals surface area contributed by atoms with Crippen LogP contribution in [0.3, 0.4) is 0 Å². The van der Waals surface area contributed by atoms with Crippen molar-refractivity contribution in [1.82, 2.24) is 4.98 Å². The smallest absolute Gasteiger partial charge is 0.433 e. The minimum atomic E-state index is -4.56. The molecule has 2 heterocycles. The van der Waals surface area contributed by atoms with Gasteiger partial charge in [-0.05, 0) is 12.1 Å². The van der Waals surface area contributed by atoms with Gasteiger partial charge in [0.25, 0.3) is 5.91 Å². The van der Waals surface area contributed by atoms with Gasteiger partial charge in [-0.3, -0.25) is 9.78 Å². The van der Waals surface area contributed by atoms with Gasteiger partial charge < -0.3 is 14.8 Å². The van der Waals surface area contributed by atoms with E-state index >= 15 is 0 Å². The van der Waals surface area contributed by atoms with Gasteiger partial charge in [0.2, 0.25) is 0 Å². The molecule has 1 aliphatic rings. The van der Waals surface area contributed by atoms with Gasteiger partial charge in [-0.1, -0.05) is 11.6 Å². The number of amides is 1. The van der Waals surface area contributed by atoms with E-state index in [1.54, 1.807) is 0 Å². The molecule has 0 spiro atoms. The van der Waals surface area contributed by atoms with Crippen molar-refractivity contribution in [2.24, 2.45) is 0 Å². The molecule has 1 amide bonds. The van der Waals surface area contributed by atoms with E-state index in [0.29, 0.717) is 31.1 Å². The van der Waals surface area contributed by atoms with Crippen LogP contribution >= 0.6 is 11.6 Å². The first-order chi connectivity index (χ1) is 11.8. The number of carbonyl (C=O) groups excluding carboxylic acids is 1. The molecule has 0 radical (unpaired) electrons. The Balaban J connectivity index is 1.80. The van der Waals surface area contributed by atoms with Crippen LogP contribution in [0.4, 0.5) is 18.9 Å². The summed E-state index contributed by atoms with van der Waals surface area (Å²) in [6.07, 6.45) is -2.99. The van der Waals surface area contributed by atoms with Crippen LogP contribution in [0, 0.1) is 0 Å². The normalized spacial score (nSPS) is 13.9. The maximum Gasteiger partial charge on any atom is 0.433 e. The molecule has 3 rings (SSSR count). The lowest BCUT2D eigenvalue weighted by molar-refractivity contribution is -0.141. The van der Waals surface area contributed by atoms with Crippen molar-refractivity contribution in [1.29, 1.82) is 0 Å². The molecule has 1 N–H and O–H groups in total. The Labute approximate surface area is 145 Å². The van der Waals surface area contributed by atoms with Crippen LogP contribution in [-0.4, -0.2) is 24.1 Å². The predicted molar refractivity (Wildman–Crippen MR) is 84.3 cm³/mol. The first kappa shape index (κ1) is 17.3. The van der Waals surface area contributed by atoms with E-state index in [-0.39, 0.29) is 16.3 Å². The van der Waals surface area contributed by atoms with Crippen LogP contribution in [0.25, 0.3) is 0 Å². The van der Waals surface area contributed by atoms with Gasteiger partial charge >= 0.3 is 6.18 Å². The number of nitrogens with zero attached hydrogens (tertiary/aromatic N) is 1. The van der Waals surface area contributed by atoms with Crippen molar-refractivity contribution in [3.8, 4) is 11.5 Å². The Bertz CT molecular complexity index is 794. The number of alkyl halides is 3. The molecular weight excluding hydrogens is 361 g/mol. The summed E-state index contributed by atoms with van der Waals surface area (Å²) >= 11 is 6.12. The average molecular weight is 373 g/mol. The van der Waals surface area contributed by atoms with E-state index in [9.17, 15) is 18.0 Å². The number of rotatable bonds is 2. The fourth-order valence-electron chi connectivity index (χ4n) is 2.17. The van der Waals surface area contributed by atoms with Gasteiger partial charge in [0.15, 0.2) is 11.5 Å². The Morgan fingerprint density at radius 2 is 1.84 bits per heavy atom. The summed E-state index contributed by atoms with van der Waals surface area (Å²) in [5.74, 6) is 0.261. The van der Waals surface area contributed by atoms with E-state index in [0.717, 1.165) is 18.3 Å². The molecule has 132 valence electrons. The van der Waals surface area contributed by atoms with Gasteiger partial charge in [-0.25, -0.2) is 0 Å². The van der Waals surface area contributed by atoms with Crippen LogP contribution in [0.15, 0.2) is 30.5 Å². The molecule has 0 bridgehead atoms. The molecule has 1 aromatic carbocycles. The zero-order valence-electron chi connectivity index (χ0n) is 12.7. The van der Waals surface area contributed by atoms with Gasteiger partial charge in [0, 0.05) is 24.8 Å². The number of hydrogen-bond acceptors (Lipinski definition) is 4. The Hall–Kier alpha value is -2.48. The molecule has 0 saturated carbocycles. The van der Waals surface area contributed by atoms with Gasteiger partial charge in [0.1, 0.15) is 5.69 Å². The summed E-state index contributed by atoms with van der Waals surface area (Å²) < 4.78 is 48.5. The molecule has 0 fully saturated rings. The summed E-state index contributed by atoms with van der Waals surface area (Å²) in [5.41, 5.74) is -0.843. The van der Waals surface area contributed by atoms with Crippen LogP contribution in [0.1, 0.15) is 22.5 Å². The lowest BCUT2D eigenvalue weighted by Crippen LogP contribution is -2.14. The Morgan fingerprint density at radius 3 is 2.44 bits per heavy atom. The first-order valence-corrected chi connectivity index (χ1v) is 7.66. The van der Waals surface area contributed by atoms with Crippen LogP contribution in [0.2, 0.25) is 5.02 Å². The van der Waals surface area contributed by atoms with Crippen LogP contribution < -0.4 is 14.8 Å². The fourth-order valence-corrected chi connectivity index (χ4v) is 2.37. The summed E-state index contributed by atoms with van der Waals surface area (Å²) in [5, 5.41) is 2.75. The molecular formula is C16H12ClF3N2O3. The second-order valence-corrected chi connectivity index (χ2v) is 5.62. The van der Waals surface area contributed by atoms with E-state index in [2.05, 4.69) is 10.3 Å². The van der Waals surface area contributed by atoms with Gasteiger partial charge in [0.05, 0.1) is 29.5 Å². The molecule has 0 unspecified atom stereocenters. The molecule has 5 nitrogen and oxygen atoms in total. The SMILES string of the molecule is O=C(Nc1cc2c(cc1Cl)OCCCO2)c1ccc(C(F)(F)F)nc1. The van der Waals surface area contributed by atoms with Gasteiger partial charge in [-0.15, -0.1) is 0 Å². The number of nitrogens with one attached hydrogen (secondary N) is 1. The average Bonchev–Trinajstić information content (AvgIpc) is 2.79. The lowest BCUT2D eigenvalue weighted by atomic mass is 10.2. The zero-order chi connectivity index (χ0) is 18.0. The number of fused-ring (bicyclic) bond motifs is 1. The predicted octanol–water partition coefficient (Wildman–Crippen LogP) is 4.17. The number of hydrogen-bond donors (Lipinski definition) is 1. The monoisotopic (exact) mass is 372 g/mol. The van der Waals surface area contributed by atoms with Crippen molar-refractivity contribution in [3.63, 3.8) is 0 Å².